The number of aryl methyl sites for hydroxylation is 1. The predicted molar refractivity (Wildman–Crippen MR) is 94.9 cm³/mol. The fourth-order valence-electron chi connectivity index (χ4n) is 3.31. The lowest BCUT2D eigenvalue weighted by Crippen LogP contribution is -2.33. The van der Waals surface area contributed by atoms with Crippen molar-refractivity contribution in [3.8, 4) is 17.1 Å². The lowest BCUT2D eigenvalue weighted by Gasteiger charge is -2.28. The van der Waals surface area contributed by atoms with Crippen LogP contribution in [0, 0.1) is 0 Å². The van der Waals surface area contributed by atoms with Gasteiger partial charge in [-0.3, -0.25) is 19.3 Å². The second-order valence-electron chi connectivity index (χ2n) is 6.28. The molecule has 0 aliphatic carbocycles. The summed E-state index contributed by atoms with van der Waals surface area (Å²) in [5.74, 6) is 0.125. The van der Waals surface area contributed by atoms with Crippen molar-refractivity contribution >= 4 is 22.4 Å². The van der Waals surface area contributed by atoms with Crippen molar-refractivity contribution in [3.05, 3.63) is 40.7 Å². The molecule has 7 nitrogen and oxygen atoms in total. The number of aromatic amines is 1. The topological polar surface area (TPSA) is 91.2 Å². The Labute approximate surface area is 143 Å². The predicted octanol–water partition coefficient (Wildman–Crippen LogP) is 1.80. The largest absolute Gasteiger partial charge is 0.494 e. The number of nitrogens with one attached hydrogen (secondary N) is 1. The average molecular weight is 338 g/mol. The minimum atomic E-state index is -0.358. The molecule has 0 unspecified atom stereocenters. The smallest absolute Gasteiger partial charge is 0.250 e. The van der Waals surface area contributed by atoms with Crippen LogP contribution in [-0.4, -0.2) is 38.7 Å². The Morgan fingerprint density at radius 1 is 1.12 bits per heavy atom. The van der Waals surface area contributed by atoms with Gasteiger partial charge in [-0.2, -0.15) is 5.10 Å². The van der Waals surface area contributed by atoms with Crippen molar-refractivity contribution in [2.75, 3.05) is 18.0 Å². The number of carbonyl (C=O) groups excluding carboxylic acids is 1. The number of hydrogen-bond acceptors (Lipinski definition) is 5. The van der Waals surface area contributed by atoms with Crippen molar-refractivity contribution in [1.82, 2.24) is 14.8 Å². The third-order valence-electron chi connectivity index (χ3n) is 4.67. The van der Waals surface area contributed by atoms with E-state index in [1.54, 1.807) is 10.7 Å². The first-order valence-corrected chi connectivity index (χ1v) is 8.19. The van der Waals surface area contributed by atoms with Crippen molar-refractivity contribution < 1.29 is 9.90 Å². The van der Waals surface area contributed by atoms with E-state index in [-0.39, 0.29) is 11.4 Å². The zero-order chi connectivity index (χ0) is 17.6. The van der Waals surface area contributed by atoms with Crippen LogP contribution in [0.15, 0.2) is 35.1 Å². The fourth-order valence-corrected chi connectivity index (χ4v) is 3.31. The summed E-state index contributed by atoms with van der Waals surface area (Å²) in [5.41, 5.74) is 2.73. The number of carbonyl (C=O) groups is 1. The summed E-state index contributed by atoms with van der Waals surface area (Å²) >= 11 is 0. The van der Waals surface area contributed by atoms with E-state index in [4.69, 9.17) is 0 Å². The van der Waals surface area contributed by atoms with Crippen LogP contribution < -0.4 is 10.5 Å². The van der Waals surface area contributed by atoms with Gasteiger partial charge < -0.3 is 10.0 Å². The molecule has 0 bridgehead atoms. The van der Waals surface area contributed by atoms with E-state index in [9.17, 15) is 14.7 Å². The summed E-state index contributed by atoms with van der Waals surface area (Å²) in [4.78, 5) is 27.3. The Bertz CT molecular complexity index is 1020. The maximum absolute atomic E-state index is 11.4. The zero-order valence-corrected chi connectivity index (χ0v) is 13.8. The quantitative estimate of drug-likeness (QED) is 0.743. The molecule has 3 aromatic rings. The first-order chi connectivity index (χ1) is 12.0. The van der Waals surface area contributed by atoms with Crippen molar-refractivity contribution in [2.24, 2.45) is 7.05 Å². The molecule has 0 spiro atoms. The lowest BCUT2D eigenvalue weighted by atomic mass is 10.1. The minimum absolute atomic E-state index is 0.189. The number of anilines is 1. The van der Waals surface area contributed by atoms with Crippen LogP contribution in [0.3, 0.4) is 0 Å². The number of benzene rings is 1. The molecule has 1 aliphatic rings. The summed E-state index contributed by atoms with van der Waals surface area (Å²) in [6.07, 6.45) is 1.17. The lowest BCUT2D eigenvalue weighted by molar-refractivity contribution is -0.119. The highest BCUT2D eigenvalue weighted by Crippen LogP contribution is 2.33. The highest BCUT2D eigenvalue weighted by atomic mass is 16.3. The van der Waals surface area contributed by atoms with E-state index in [1.165, 1.54) is 6.07 Å². The standard InChI is InChI=1S/C18H18N4O3/c1-21-15-10-11(22-8-6-12(23)7-9-22)2-3-13(15)17(20-21)14-4-5-16(24)19-18(14)25/h2-5,10H,6-9H2,1H3,(H2,19,24,25). The third kappa shape index (κ3) is 2.67. The summed E-state index contributed by atoms with van der Waals surface area (Å²) in [6, 6.07) is 8.96. The average Bonchev–Trinajstić information content (AvgIpc) is 2.92. The van der Waals surface area contributed by atoms with Gasteiger partial charge in [0.2, 0.25) is 5.88 Å². The van der Waals surface area contributed by atoms with Crippen molar-refractivity contribution in [1.29, 1.82) is 0 Å². The van der Waals surface area contributed by atoms with Gasteiger partial charge >= 0.3 is 0 Å². The van der Waals surface area contributed by atoms with Gasteiger partial charge in [-0.25, -0.2) is 0 Å². The molecule has 0 atom stereocenters. The number of aromatic nitrogens is 3. The number of Topliss-reactive ketones (excluding diaryl/α,β-unsaturated/α-hetero) is 1. The molecule has 0 saturated carbocycles. The molecule has 1 aliphatic heterocycles. The number of piperidine rings is 1. The summed E-state index contributed by atoms with van der Waals surface area (Å²) in [5, 5.41) is 15.5. The van der Waals surface area contributed by atoms with Gasteiger partial charge in [0, 0.05) is 50.1 Å². The number of rotatable bonds is 2. The van der Waals surface area contributed by atoms with Gasteiger partial charge in [-0.15, -0.1) is 0 Å². The molecule has 0 radical (unpaired) electrons. The van der Waals surface area contributed by atoms with Gasteiger partial charge in [0.25, 0.3) is 5.56 Å². The maximum atomic E-state index is 11.4. The number of nitrogens with zero attached hydrogens (tertiary/aromatic N) is 3. The molecule has 1 fully saturated rings. The summed E-state index contributed by atoms with van der Waals surface area (Å²) in [7, 11) is 1.85. The van der Waals surface area contributed by atoms with Crippen LogP contribution in [0.5, 0.6) is 5.88 Å². The second kappa shape index (κ2) is 5.77. The molecule has 0 amide bonds. The summed E-state index contributed by atoms with van der Waals surface area (Å²) < 4.78 is 1.76. The number of ketones is 1. The molecule has 128 valence electrons. The van der Waals surface area contributed by atoms with Crippen molar-refractivity contribution in [3.63, 3.8) is 0 Å². The summed E-state index contributed by atoms with van der Waals surface area (Å²) in [6.45, 7) is 1.46. The molecule has 1 saturated heterocycles. The first kappa shape index (κ1) is 15.4. The Hall–Kier alpha value is -3.09. The van der Waals surface area contributed by atoms with E-state index in [0.29, 0.717) is 29.9 Å². The van der Waals surface area contributed by atoms with Crippen LogP contribution in [-0.2, 0) is 11.8 Å². The van der Waals surface area contributed by atoms with E-state index in [2.05, 4.69) is 15.0 Å². The molecule has 2 aromatic heterocycles. The Morgan fingerprint density at radius 3 is 2.60 bits per heavy atom. The van der Waals surface area contributed by atoms with Crippen LogP contribution in [0.4, 0.5) is 5.69 Å². The molecule has 7 heteroatoms. The maximum Gasteiger partial charge on any atom is 0.250 e. The van der Waals surface area contributed by atoms with Gasteiger partial charge in [0.1, 0.15) is 11.5 Å². The Kier molecular flexibility index (Phi) is 3.56. The monoisotopic (exact) mass is 338 g/mol. The zero-order valence-electron chi connectivity index (χ0n) is 13.8. The highest BCUT2D eigenvalue weighted by molar-refractivity contribution is 5.96. The number of pyridine rings is 1. The third-order valence-corrected chi connectivity index (χ3v) is 4.67. The van der Waals surface area contributed by atoms with Gasteiger partial charge in [-0.05, 0) is 24.3 Å². The highest BCUT2D eigenvalue weighted by Gasteiger charge is 2.19. The van der Waals surface area contributed by atoms with E-state index < -0.39 is 0 Å². The molecule has 3 heterocycles. The van der Waals surface area contributed by atoms with Gasteiger partial charge in [0.05, 0.1) is 11.1 Å². The van der Waals surface area contributed by atoms with Gasteiger partial charge in [0.15, 0.2) is 0 Å². The van der Waals surface area contributed by atoms with Crippen LogP contribution in [0.2, 0.25) is 0 Å². The van der Waals surface area contributed by atoms with Crippen LogP contribution >= 0.6 is 0 Å². The number of fused-ring (bicyclic) bond motifs is 1. The van der Waals surface area contributed by atoms with E-state index in [1.807, 2.05) is 25.2 Å². The fraction of sp³-hybridized carbons (Fsp3) is 0.278. The first-order valence-electron chi connectivity index (χ1n) is 8.19. The van der Waals surface area contributed by atoms with Crippen LogP contribution in [0.25, 0.3) is 22.2 Å². The van der Waals surface area contributed by atoms with Crippen LogP contribution in [0.1, 0.15) is 12.8 Å². The SMILES string of the molecule is Cn1nc(-c2ccc(=O)[nH]c2O)c2ccc(N3CCC(=O)CC3)cc21. The molecular weight excluding hydrogens is 320 g/mol. The number of aromatic hydroxyl groups is 1. The molecule has 25 heavy (non-hydrogen) atoms. The molecule has 2 N–H and O–H groups in total. The molecular formula is C18H18N4O3. The normalized spacial score (nSPS) is 15.1. The Morgan fingerprint density at radius 2 is 1.88 bits per heavy atom. The molecule has 1 aromatic carbocycles. The van der Waals surface area contributed by atoms with Crippen molar-refractivity contribution in [2.45, 2.75) is 12.8 Å². The van der Waals surface area contributed by atoms with E-state index in [0.717, 1.165) is 29.7 Å². The number of hydrogen-bond donors (Lipinski definition) is 2. The van der Waals surface area contributed by atoms with E-state index >= 15 is 0 Å². The Balaban J connectivity index is 1.79. The number of H-pyrrole nitrogens is 1. The van der Waals surface area contributed by atoms with Gasteiger partial charge in [-0.1, -0.05) is 0 Å². The second-order valence-corrected chi connectivity index (χ2v) is 6.28. The minimum Gasteiger partial charge on any atom is -0.494 e. The molecule has 4 rings (SSSR count).